The summed E-state index contributed by atoms with van der Waals surface area (Å²) in [7, 11) is 2.10. The van der Waals surface area contributed by atoms with Crippen LogP contribution in [0.2, 0.25) is 0 Å². The van der Waals surface area contributed by atoms with Gasteiger partial charge in [0.2, 0.25) is 0 Å². The third-order valence-corrected chi connectivity index (χ3v) is 3.00. The average Bonchev–Trinajstić information content (AvgIpc) is 2.92. The molecule has 13 heavy (non-hydrogen) atoms. The Labute approximate surface area is 81.5 Å². The average molecular weight is 180 g/mol. The molecule has 0 saturated heterocycles. The standard InChI is InChI=1S/C11H20N2/c1-4-10(5-2)13(3)11(8-12)9-6-7-9/h1,9-11H,5-8,12H2,2-3H3. The molecule has 0 aliphatic heterocycles. The summed E-state index contributed by atoms with van der Waals surface area (Å²) in [4.78, 5) is 2.28. The first-order valence-electron chi connectivity index (χ1n) is 5.12. The summed E-state index contributed by atoms with van der Waals surface area (Å²) in [5, 5.41) is 0. The first-order chi connectivity index (χ1) is 6.24. The zero-order chi connectivity index (χ0) is 9.84. The molecule has 0 aromatic carbocycles. The molecule has 2 N–H and O–H groups in total. The molecule has 0 amide bonds. The monoisotopic (exact) mass is 180 g/mol. The topological polar surface area (TPSA) is 29.3 Å². The van der Waals surface area contributed by atoms with Gasteiger partial charge in [-0.1, -0.05) is 12.8 Å². The Morgan fingerprint density at radius 3 is 2.54 bits per heavy atom. The van der Waals surface area contributed by atoms with Crippen molar-refractivity contribution in [3.63, 3.8) is 0 Å². The summed E-state index contributed by atoms with van der Waals surface area (Å²) in [5.74, 6) is 3.62. The SMILES string of the molecule is C#CC(CC)N(C)C(CN)C1CC1. The van der Waals surface area contributed by atoms with E-state index < -0.39 is 0 Å². The normalized spacial score (nSPS) is 21.2. The first kappa shape index (κ1) is 10.6. The van der Waals surface area contributed by atoms with Crippen LogP contribution in [0.25, 0.3) is 0 Å². The van der Waals surface area contributed by atoms with Gasteiger partial charge in [-0.05, 0) is 32.2 Å². The Morgan fingerprint density at radius 2 is 2.23 bits per heavy atom. The van der Waals surface area contributed by atoms with Crippen LogP contribution in [0.1, 0.15) is 26.2 Å². The van der Waals surface area contributed by atoms with Crippen molar-refractivity contribution < 1.29 is 0 Å². The van der Waals surface area contributed by atoms with E-state index in [1.165, 1.54) is 12.8 Å². The maximum Gasteiger partial charge on any atom is 0.0709 e. The fourth-order valence-electron chi connectivity index (χ4n) is 1.93. The van der Waals surface area contributed by atoms with E-state index in [1.807, 2.05) is 0 Å². The second-order valence-corrected chi connectivity index (χ2v) is 3.90. The zero-order valence-electron chi connectivity index (χ0n) is 8.66. The molecule has 2 heteroatoms. The number of nitrogens with two attached hydrogens (primary N) is 1. The molecule has 1 aliphatic carbocycles. The summed E-state index contributed by atoms with van der Waals surface area (Å²) in [6.45, 7) is 2.86. The molecule has 0 spiro atoms. The van der Waals surface area contributed by atoms with Crippen molar-refractivity contribution in [2.75, 3.05) is 13.6 Å². The predicted octanol–water partition coefficient (Wildman–Crippen LogP) is 1.07. The Bertz CT molecular complexity index is 191. The van der Waals surface area contributed by atoms with Crippen molar-refractivity contribution in [1.82, 2.24) is 4.90 Å². The molecule has 0 bridgehead atoms. The second-order valence-electron chi connectivity index (χ2n) is 3.90. The van der Waals surface area contributed by atoms with Crippen LogP contribution in [0.4, 0.5) is 0 Å². The van der Waals surface area contributed by atoms with Crippen LogP contribution in [0.15, 0.2) is 0 Å². The van der Waals surface area contributed by atoms with E-state index in [-0.39, 0.29) is 6.04 Å². The Morgan fingerprint density at radius 1 is 1.62 bits per heavy atom. The summed E-state index contributed by atoms with van der Waals surface area (Å²) < 4.78 is 0. The molecular weight excluding hydrogens is 160 g/mol. The Balaban J connectivity index is 2.51. The summed E-state index contributed by atoms with van der Waals surface area (Å²) in [5.41, 5.74) is 5.75. The minimum absolute atomic E-state index is 0.258. The lowest BCUT2D eigenvalue weighted by Crippen LogP contribution is -2.44. The van der Waals surface area contributed by atoms with E-state index in [2.05, 4.69) is 24.8 Å². The van der Waals surface area contributed by atoms with Gasteiger partial charge in [-0.25, -0.2) is 0 Å². The third-order valence-electron chi connectivity index (χ3n) is 3.00. The molecule has 2 nitrogen and oxygen atoms in total. The molecule has 0 heterocycles. The van der Waals surface area contributed by atoms with Crippen LogP contribution in [0, 0.1) is 18.3 Å². The van der Waals surface area contributed by atoms with Crippen molar-refractivity contribution >= 4 is 0 Å². The van der Waals surface area contributed by atoms with Gasteiger partial charge in [0.1, 0.15) is 0 Å². The van der Waals surface area contributed by atoms with Gasteiger partial charge in [-0.2, -0.15) is 0 Å². The smallest absolute Gasteiger partial charge is 0.0709 e. The molecule has 2 unspecified atom stereocenters. The molecule has 1 fully saturated rings. The van der Waals surface area contributed by atoms with E-state index in [0.717, 1.165) is 18.9 Å². The van der Waals surface area contributed by atoms with E-state index in [4.69, 9.17) is 12.2 Å². The number of terminal acetylenes is 1. The fourth-order valence-corrected chi connectivity index (χ4v) is 1.93. The molecule has 1 aliphatic rings. The van der Waals surface area contributed by atoms with Crippen LogP contribution in [-0.2, 0) is 0 Å². The van der Waals surface area contributed by atoms with Crippen molar-refractivity contribution in [2.24, 2.45) is 11.7 Å². The van der Waals surface area contributed by atoms with E-state index >= 15 is 0 Å². The van der Waals surface area contributed by atoms with Gasteiger partial charge in [-0.3, -0.25) is 4.90 Å². The molecule has 0 aromatic heterocycles. The van der Waals surface area contributed by atoms with Crippen LogP contribution >= 0.6 is 0 Å². The lowest BCUT2D eigenvalue weighted by Gasteiger charge is -2.31. The predicted molar refractivity (Wildman–Crippen MR) is 56.2 cm³/mol. The van der Waals surface area contributed by atoms with Gasteiger partial charge in [0.25, 0.3) is 0 Å². The molecule has 1 saturated carbocycles. The maximum atomic E-state index is 5.75. The molecule has 2 atom stereocenters. The van der Waals surface area contributed by atoms with Gasteiger partial charge >= 0.3 is 0 Å². The number of hydrogen-bond donors (Lipinski definition) is 1. The van der Waals surface area contributed by atoms with E-state index in [0.29, 0.717) is 6.04 Å². The van der Waals surface area contributed by atoms with Crippen molar-refractivity contribution in [2.45, 2.75) is 38.3 Å². The van der Waals surface area contributed by atoms with Crippen LogP contribution in [0.5, 0.6) is 0 Å². The Kier molecular flexibility index (Phi) is 3.77. The van der Waals surface area contributed by atoms with Crippen LogP contribution < -0.4 is 5.73 Å². The fraction of sp³-hybridized carbons (Fsp3) is 0.818. The largest absolute Gasteiger partial charge is 0.329 e. The highest BCUT2D eigenvalue weighted by molar-refractivity contribution is 5.02. The molecule has 74 valence electrons. The second kappa shape index (κ2) is 4.64. The summed E-state index contributed by atoms with van der Waals surface area (Å²) in [6, 6.07) is 0.759. The van der Waals surface area contributed by atoms with Crippen molar-refractivity contribution in [3.05, 3.63) is 0 Å². The van der Waals surface area contributed by atoms with Gasteiger partial charge in [0, 0.05) is 12.6 Å². The van der Waals surface area contributed by atoms with Crippen LogP contribution in [-0.4, -0.2) is 30.6 Å². The van der Waals surface area contributed by atoms with Gasteiger partial charge in [0.05, 0.1) is 6.04 Å². The first-order valence-corrected chi connectivity index (χ1v) is 5.12. The molecule has 0 radical (unpaired) electrons. The van der Waals surface area contributed by atoms with Crippen molar-refractivity contribution in [3.8, 4) is 12.3 Å². The lowest BCUT2D eigenvalue weighted by atomic mass is 10.1. The number of rotatable bonds is 5. The molecule has 0 aromatic rings. The minimum atomic E-state index is 0.258. The van der Waals surface area contributed by atoms with Crippen LogP contribution in [0.3, 0.4) is 0 Å². The Hall–Kier alpha value is -0.520. The molecular formula is C11H20N2. The van der Waals surface area contributed by atoms with Gasteiger partial charge in [-0.15, -0.1) is 6.42 Å². The van der Waals surface area contributed by atoms with Gasteiger partial charge < -0.3 is 5.73 Å². The van der Waals surface area contributed by atoms with E-state index in [1.54, 1.807) is 0 Å². The summed E-state index contributed by atoms with van der Waals surface area (Å²) in [6.07, 6.45) is 9.13. The quantitative estimate of drug-likeness (QED) is 0.641. The summed E-state index contributed by atoms with van der Waals surface area (Å²) >= 11 is 0. The number of nitrogens with zero attached hydrogens (tertiary/aromatic N) is 1. The lowest BCUT2D eigenvalue weighted by molar-refractivity contribution is 0.188. The minimum Gasteiger partial charge on any atom is -0.329 e. The zero-order valence-corrected chi connectivity index (χ0v) is 8.66. The third kappa shape index (κ3) is 2.46. The highest BCUT2D eigenvalue weighted by Gasteiger charge is 2.34. The highest BCUT2D eigenvalue weighted by Crippen LogP contribution is 2.35. The number of hydrogen-bond acceptors (Lipinski definition) is 2. The molecule has 1 rings (SSSR count). The highest BCUT2D eigenvalue weighted by atomic mass is 15.2. The van der Waals surface area contributed by atoms with Crippen molar-refractivity contribution in [1.29, 1.82) is 0 Å². The number of likely N-dealkylation sites (N-methyl/N-ethyl adjacent to an activating group) is 1. The van der Waals surface area contributed by atoms with E-state index in [9.17, 15) is 0 Å². The maximum absolute atomic E-state index is 5.75. The van der Waals surface area contributed by atoms with Gasteiger partial charge in [0.15, 0.2) is 0 Å².